The summed E-state index contributed by atoms with van der Waals surface area (Å²) in [4.78, 5) is 2.24. The predicted molar refractivity (Wildman–Crippen MR) is 74.0 cm³/mol. The molecule has 0 aliphatic carbocycles. The summed E-state index contributed by atoms with van der Waals surface area (Å²) in [6, 6.07) is 8.29. The second kappa shape index (κ2) is 7.93. The van der Waals surface area contributed by atoms with Crippen LogP contribution in [-0.2, 0) is 4.74 Å². The average Bonchev–Trinajstić information content (AvgIpc) is 2.33. The van der Waals surface area contributed by atoms with Gasteiger partial charge in [0.15, 0.2) is 0 Å². The van der Waals surface area contributed by atoms with Crippen LogP contribution in [-0.4, -0.2) is 37.6 Å². The molecule has 0 radical (unpaired) electrons. The molecule has 1 unspecified atom stereocenters. The lowest BCUT2D eigenvalue weighted by molar-refractivity contribution is 0.111. The number of benzene rings is 1. The second-order valence-electron chi connectivity index (χ2n) is 4.01. The summed E-state index contributed by atoms with van der Waals surface area (Å²) in [5.74, 6) is 0.549. The standard InChI is InChI=1S/C13H19Cl2NO/c1-11(12-4-3-5-13(15)10-12)16(2)7-9-17-8-6-14/h3-5,10-11H,6-9H2,1-2H3. The summed E-state index contributed by atoms with van der Waals surface area (Å²) >= 11 is 11.5. The van der Waals surface area contributed by atoms with E-state index in [-0.39, 0.29) is 0 Å². The van der Waals surface area contributed by atoms with Crippen LogP contribution in [0.1, 0.15) is 18.5 Å². The third kappa shape index (κ3) is 5.26. The zero-order valence-electron chi connectivity index (χ0n) is 10.3. The van der Waals surface area contributed by atoms with E-state index in [0.29, 0.717) is 25.1 Å². The first-order chi connectivity index (χ1) is 8.15. The minimum absolute atomic E-state index is 0.327. The van der Waals surface area contributed by atoms with Gasteiger partial charge in [0.2, 0.25) is 0 Å². The normalized spacial score (nSPS) is 13.0. The largest absolute Gasteiger partial charge is 0.379 e. The Morgan fingerprint density at radius 3 is 2.76 bits per heavy atom. The molecule has 17 heavy (non-hydrogen) atoms. The average molecular weight is 276 g/mol. The molecule has 0 spiro atoms. The molecule has 1 rings (SSSR count). The maximum Gasteiger partial charge on any atom is 0.0602 e. The molecule has 0 N–H and O–H groups in total. The van der Waals surface area contributed by atoms with Gasteiger partial charge in [-0.15, -0.1) is 11.6 Å². The third-order valence-corrected chi connectivity index (χ3v) is 3.19. The Morgan fingerprint density at radius 1 is 1.35 bits per heavy atom. The van der Waals surface area contributed by atoms with Crippen molar-refractivity contribution in [1.29, 1.82) is 0 Å². The number of nitrogens with zero attached hydrogens (tertiary/aromatic N) is 1. The van der Waals surface area contributed by atoms with Crippen LogP contribution in [0.5, 0.6) is 0 Å². The number of alkyl halides is 1. The predicted octanol–water partition coefficient (Wildman–Crippen LogP) is 3.59. The number of likely N-dealkylation sites (N-methyl/N-ethyl adjacent to an activating group) is 1. The van der Waals surface area contributed by atoms with Crippen molar-refractivity contribution >= 4 is 23.2 Å². The van der Waals surface area contributed by atoms with E-state index >= 15 is 0 Å². The fourth-order valence-corrected chi connectivity index (χ4v) is 1.89. The van der Waals surface area contributed by atoms with Gasteiger partial charge in [-0.05, 0) is 31.7 Å². The molecular formula is C13H19Cl2NO. The Bertz CT molecular complexity index is 333. The highest BCUT2D eigenvalue weighted by Gasteiger charge is 2.11. The molecule has 0 saturated carbocycles. The summed E-state index contributed by atoms with van der Waals surface area (Å²) in [6.07, 6.45) is 0. The Labute approximate surface area is 113 Å². The topological polar surface area (TPSA) is 12.5 Å². The summed E-state index contributed by atoms with van der Waals surface area (Å²) in [6.45, 7) is 4.35. The molecule has 0 aliphatic rings. The van der Waals surface area contributed by atoms with E-state index in [1.807, 2.05) is 18.2 Å². The maximum atomic E-state index is 5.98. The first kappa shape index (κ1) is 14.8. The van der Waals surface area contributed by atoms with Gasteiger partial charge in [-0.3, -0.25) is 4.90 Å². The summed E-state index contributed by atoms with van der Waals surface area (Å²) in [7, 11) is 2.08. The van der Waals surface area contributed by atoms with Crippen molar-refractivity contribution in [2.75, 3.05) is 32.7 Å². The van der Waals surface area contributed by atoms with Crippen LogP contribution in [0.3, 0.4) is 0 Å². The van der Waals surface area contributed by atoms with Gasteiger partial charge in [0, 0.05) is 23.5 Å². The van der Waals surface area contributed by atoms with E-state index in [4.69, 9.17) is 27.9 Å². The van der Waals surface area contributed by atoms with E-state index < -0.39 is 0 Å². The molecule has 0 heterocycles. The monoisotopic (exact) mass is 275 g/mol. The number of hydrogen-bond acceptors (Lipinski definition) is 2. The van der Waals surface area contributed by atoms with E-state index in [1.54, 1.807) is 0 Å². The molecule has 2 nitrogen and oxygen atoms in total. The molecule has 4 heteroatoms. The van der Waals surface area contributed by atoms with E-state index in [1.165, 1.54) is 5.56 Å². The number of ether oxygens (including phenoxy) is 1. The van der Waals surface area contributed by atoms with Gasteiger partial charge in [-0.25, -0.2) is 0 Å². The SMILES string of the molecule is CC(c1cccc(Cl)c1)N(C)CCOCCCl. The van der Waals surface area contributed by atoms with Crippen LogP contribution in [0.4, 0.5) is 0 Å². The summed E-state index contributed by atoms with van der Waals surface area (Å²) in [5.41, 5.74) is 1.22. The van der Waals surface area contributed by atoms with Crippen molar-refractivity contribution in [2.24, 2.45) is 0 Å². The lowest BCUT2D eigenvalue weighted by Gasteiger charge is -2.25. The van der Waals surface area contributed by atoms with E-state index in [0.717, 1.165) is 11.6 Å². The van der Waals surface area contributed by atoms with Crippen molar-refractivity contribution < 1.29 is 4.74 Å². The molecule has 0 bridgehead atoms. The zero-order chi connectivity index (χ0) is 12.7. The van der Waals surface area contributed by atoms with Gasteiger partial charge in [0.05, 0.1) is 13.2 Å². The lowest BCUT2D eigenvalue weighted by atomic mass is 10.1. The number of halogens is 2. The highest BCUT2D eigenvalue weighted by molar-refractivity contribution is 6.30. The van der Waals surface area contributed by atoms with Gasteiger partial charge < -0.3 is 4.74 Å². The minimum Gasteiger partial charge on any atom is -0.379 e. The Hall–Kier alpha value is -0.280. The van der Waals surface area contributed by atoms with Crippen LogP contribution < -0.4 is 0 Å². The van der Waals surface area contributed by atoms with Crippen LogP contribution in [0.15, 0.2) is 24.3 Å². The number of hydrogen-bond donors (Lipinski definition) is 0. The molecule has 0 fully saturated rings. The van der Waals surface area contributed by atoms with Crippen molar-refractivity contribution in [2.45, 2.75) is 13.0 Å². The molecule has 1 aromatic rings. The highest BCUT2D eigenvalue weighted by Crippen LogP contribution is 2.21. The minimum atomic E-state index is 0.327. The Balaban J connectivity index is 2.43. The molecule has 0 saturated heterocycles. The molecule has 1 atom stereocenters. The Kier molecular flexibility index (Phi) is 6.90. The van der Waals surface area contributed by atoms with Crippen molar-refractivity contribution in [1.82, 2.24) is 4.90 Å². The molecule has 0 aliphatic heterocycles. The summed E-state index contributed by atoms with van der Waals surface area (Å²) in [5, 5.41) is 0.779. The van der Waals surface area contributed by atoms with Gasteiger partial charge in [-0.1, -0.05) is 23.7 Å². The first-order valence-electron chi connectivity index (χ1n) is 5.74. The third-order valence-electron chi connectivity index (χ3n) is 2.80. The first-order valence-corrected chi connectivity index (χ1v) is 6.66. The van der Waals surface area contributed by atoms with Crippen LogP contribution in [0.2, 0.25) is 5.02 Å². The van der Waals surface area contributed by atoms with Crippen molar-refractivity contribution in [3.8, 4) is 0 Å². The van der Waals surface area contributed by atoms with Crippen LogP contribution in [0, 0.1) is 0 Å². The highest BCUT2D eigenvalue weighted by atomic mass is 35.5. The van der Waals surface area contributed by atoms with E-state index in [2.05, 4.69) is 24.9 Å². The van der Waals surface area contributed by atoms with Gasteiger partial charge in [-0.2, -0.15) is 0 Å². The zero-order valence-corrected chi connectivity index (χ0v) is 11.8. The molecule has 96 valence electrons. The van der Waals surface area contributed by atoms with Gasteiger partial charge >= 0.3 is 0 Å². The smallest absolute Gasteiger partial charge is 0.0602 e. The fourth-order valence-electron chi connectivity index (χ4n) is 1.58. The fraction of sp³-hybridized carbons (Fsp3) is 0.538. The van der Waals surface area contributed by atoms with Crippen LogP contribution in [0.25, 0.3) is 0 Å². The molecule has 0 amide bonds. The number of rotatable bonds is 7. The quantitative estimate of drug-likeness (QED) is 0.557. The summed E-state index contributed by atoms with van der Waals surface area (Å²) < 4.78 is 5.36. The Morgan fingerprint density at radius 2 is 2.12 bits per heavy atom. The van der Waals surface area contributed by atoms with Gasteiger partial charge in [0.25, 0.3) is 0 Å². The maximum absolute atomic E-state index is 5.98. The van der Waals surface area contributed by atoms with Crippen LogP contribution >= 0.6 is 23.2 Å². The molecule has 1 aromatic carbocycles. The van der Waals surface area contributed by atoms with Crippen molar-refractivity contribution in [3.63, 3.8) is 0 Å². The lowest BCUT2D eigenvalue weighted by Crippen LogP contribution is -2.26. The second-order valence-corrected chi connectivity index (χ2v) is 4.83. The van der Waals surface area contributed by atoms with Gasteiger partial charge in [0.1, 0.15) is 0 Å². The molecule has 0 aromatic heterocycles. The molecular weight excluding hydrogens is 257 g/mol. The van der Waals surface area contributed by atoms with Crippen molar-refractivity contribution in [3.05, 3.63) is 34.9 Å². The van der Waals surface area contributed by atoms with E-state index in [9.17, 15) is 0 Å².